The van der Waals surface area contributed by atoms with Crippen LogP contribution in [0.25, 0.3) is 0 Å². The number of nitrogens with one attached hydrogen (secondary N) is 3. The fourth-order valence-electron chi connectivity index (χ4n) is 2.12. The molecular formula is C18H26N4OS. The molecule has 1 heterocycles. The fourth-order valence-corrected chi connectivity index (χ4v) is 2.78. The number of hydrogen-bond acceptors (Lipinski definition) is 4. The molecule has 2 rings (SSSR count). The van der Waals surface area contributed by atoms with Gasteiger partial charge in [0.25, 0.3) is 0 Å². The van der Waals surface area contributed by atoms with Crippen molar-refractivity contribution in [1.82, 2.24) is 10.6 Å². The molecule has 0 fully saturated rings. The molecule has 130 valence electrons. The molecule has 0 aliphatic heterocycles. The summed E-state index contributed by atoms with van der Waals surface area (Å²) >= 11 is 1.70. The van der Waals surface area contributed by atoms with E-state index in [2.05, 4.69) is 69.0 Å². The van der Waals surface area contributed by atoms with Gasteiger partial charge in [0.1, 0.15) is 0 Å². The summed E-state index contributed by atoms with van der Waals surface area (Å²) in [4.78, 5) is 4.61. The van der Waals surface area contributed by atoms with E-state index in [1.807, 2.05) is 0 Å². The Hall–Kier alpha value is -2.05. The van der Waals surface area contributed by atoms with Gasteiger partial charge in [-0.05, 0) is 47.0 Å². The Morgan fingerprint density at radius 3 is 2.62 bits per heavy atom. The molecule has 1 aromatic heterocycles. The third-order valence-electron chi connectivity index (χ3n) is 3.39. The normalized spacial score (nSPS) is 11.3. The van der Waals surface area contributed by atoms with E-state index >= 15 is 0 Å². The van der Waals surface area contributed by atoms with Gasteiger partial charge in [0.05, 0.1) is 13.2 Å². The van der Waals surface area contributed by atoms with Crippen molar-refractivity contribution in [3.05, 3.63) is 52.2 Å². The van der Waals surface area contributed by atoms with Crippen molar-refractivity contribution in [2.24, 2.45) is 4.99 Å². The van der Waals surface area contributed by atoms with Crippen LogP contribution in [0.15, 0.2) is 46.1 Å². The van der Waals surface area contributed by atoms with Crippen LogP contribution in [0, 0.1) is 0 Å². The summed E-state index contributed by atoms with van der Waals surface area (Å²) in [6.07, 6.45) is 0. The maximum absolute atomic E-state index is 5.03. The van der Waals surface area contributed by atoms with Crippen molar-refractivity contribution < 1.29 is 4.74 Å². The lowest BCUT2D eigenvalue weighted by atomic mass is 10.2. The number of hydrogen-bond donors (Lipinski definition) is 3. The molecule has 0 saturated carbocycles. The van der Waals surface area contributed by atoms with Gasteiger partial charge in [-0.2, -0.15) is 11.3 Å². The lowest BCUT2D eigenvalue weighted by Gasteiger charge is -2.12. The van der Waals surface area contributed by atoms with Crippen LogP contribution in [0.4, 0.5) is 5.69 Å². The fraction of sp³-hybridized carbons (Fsp3) is 0.389. The van der Waals surface area contributed by atoms with Gasteiger partial charge < -0.3 is 20.7 Å². The number of guanidine groups is 1. The van der Waals surface area contributed by atoms with Crippen molar-refractivity contribution in [2.45, 2.75) is 20.0 Å². The Morgan fingerprint density at radius 1 is 1.12 bits per heavy atom. The number of ether oxygens (including phenoxy) is 1. The Kier molecular flexibility index (Phi) is 8.13. The zero-order valence-corrected chi connectivity index (χ0v) is 15.2. The molecule has 0 spiro atoms. The average molecular weight is 347 g/mol. The van der Waals surface area contributed by atoms with Gasteiger partial charge in [-0.25, -0.2) is 4.99 Å². The van der Waals surface area contributed by atoms with E-state index in [4.69, 9.17) is 4.74 Å². The van der Waals surface area contributed by atoms with E-state index in [0.29, 0.717) is 13.2 Å². The van der Waals surface area contributed by atoms with E-state index in [1.165, 1.54) is 11.1 Å². The average Bonchev–Trinajstić information content (AvgIpc) is 3.12. The molecule has 0 saturated heterocycles. The van der Waals surface area contributed by atoms with Crippen molar-refractivity contribution >= 4 is 23.0 Å². The number of rotatable bonds is 9. The molecule has 0 aliphatic carbocycles. The molecule has 3 N–H and O–H groups in total. The number of benzene rings is 1. The maximum Gasteiger partial charge on any atom is 0.191 e. The van der Waals surface area contributed by atoms with Crippen LogP contribution in [0.3, 0.4) is 0 Å². The van der Waals surface area contributed by atoms with Crippen molar-refractivity contribution in [3.63, 3.8) is 0 Å². The molecular weight excluding hydrogens is 320 g/mol. The highest BCUT2D eigenvalue weighted by Crippen LogP contribution is 2.09. The van der Waals surface area contributed by atoms with Gasteiger partial charge in [-0.15, -0.1) is 0 Å². The third-order valence-corrected chi connectivity index (χ3v) is 4.13. The summed E-state index contributed by atoms with van der Waals surface area (Å²) in [7, 11) is 1.71. The minimum Gasteiger partial charge on any atom is -0.383 e. The highest BCUT2D eigenvalue weighted by atomic mass is 32.1. The van der Waals surface area contributed by atoms with Gasteiger partial charge in [0.15, 0.2) is 5.96 Å². The second-order valence-electron chi connectivity index (χ2n) is 5.30. The van der Waals surface area contributed by atoms with Gasteiger partial charge in [-0.3, -0.25) is 0 Å². The van der Waals surface area contributed by atoms with E-state index < -0.39 is 0 Å². The molecule has 1 aromatic carbocycles. The van der Waals surface area contributed by atoms with Gasteiger partial charge in [0, 0.05) is 32.4 Å². The largest absolute Gasteiger partial charge is 0.383 e. The summed E-state index contributed by atoms with van der Waals surface area (Å²) in [5, 5.41) is 14.2. The van der Waals surface area contributed by atoms with Gasteiger partial charge in [0.2, 0.25) is 0 Å². The van der Waals surface area contributed by atoms with Gasteiger partial charge >= 0.3 is 0 Å². The zero-order valence-electron chi connectivity index (χ0n) is 14.3. The highest BCUT2D eigenvalue weighted by molar-refractivity contribution is 7.07. The standard InChI is InChI=1S/C18H26N4OS/c1-3-19-18(22-13-16-8-11-24-14-16)21-12-15-4-6-17(7-5-15)20-9-10-23-2/h4-8,11,14,20H,3,9-10,12-13H2,1-2H3,(H2,19,21,22). The van der Waals surface area contributed by atoms with Crippen LogP contribution >= 0.6 is 11.3 Å². The van der Waals surface area contributed by atoms with Crippen LogP contribution in [0.2, 0.25) is 0 Å². The topological polar surface area (TPSA) is 57.7 Å². The van der Waals surface area contributed by atoms with Gasteiger partial charge in [-0.1, -0.05) is 12.1 Å². The zero-order chi connectivity index (χ0) is 17.0. The lowest BCUT2D eigenvalue weighted by Crippen LogP contribution is -2.36. The number of anilines is 1. The van der Waals surface area contributed by atoms with Crippen molar-refractivity contribution in [1.29, 1.82) is 0 Å². The summed E-state index contributed by atoms with van der Waals surface area (Å²) in [5.41, 5.74) is 3.56. The molecule has 0 unspecified atom stereocenters. The molecule has 24 heavy (non-hydrogen) atoms. The lowest BCUT2D eigenvalue weighted by molar-refractivity contribution is 0.211. The minimum atomic E-state index is 0.696. The van der Waals surface area contributed by atoms with Crippen LogP contribution < -0.4 is 16.0 Å². The molecule has 6 heteroatoms. The van der Waals surface area contributed by atoms with Crippen LogP contribution in [-0.4, -0.2) is 32.8 Å². The van der Waals surface area contributed by atoms with E-state index in [1.54, 1.807) is 18.4 Å². The van der Waals surface area contributed by atoms with E-state index in [0.717, 1.165) is 31.3 Å². The second kappa shape index (κ2) is 10.7. The summed E-state index contributed by atoms with van der Waals surface area (Å²) < 4.78 is 5.03. The number of aliphatic imine (C=N–C) groups is 1. The summed E-state index contributed by atoms with van der Waals surface area (Å²) in [5.74, 6) is 0.839. The van der Waals surface area contributed by atoms with Crippen LogP contribution in [0.1, 0.15) is 18.1 Å². The molecule has 0 amide bonds. The Morgan fingerprint density at radius 2 is 1.96 bits per heavy atom. The molecule has 0 atom stereocenters. The third kappa shape index (κ3) is 6.60. The smallest absolute Gasteiger partial charge is 0.191 e. The summed E-state index contributed by atoms with van der Waals surface area (Å²) in [6, 6.07) is 10.5. The first kappa shape index (κ1) is 18.3. The molecule has 5 nitrogen and oxygen atoms in total. The number of methoxy groups -OCH3 is 1. The monoisotopic (exact) mass is 346 g/mol. The van der Waals surface area contributed by atoms with Crippen molar-refractivity contribution in [3.8, 4) is 0 Å². The molecule has 0 radical (unpaired) electrons. The first-order chi connectivity index (χ1) is 11.8. The SMILES string of the molecule is CCNC(=NCc1ccsc1)NCc1ccc(NCCOC)cc1. The maximum atomic E-state index is 5.03. The molecule has 0 aliphatic rings. The molecule has 0 bridgehead atoms. The Labute approximate surface area is 148 Å². The minimum absolute atomic E-state index is 0.696. The molecule has 2 aromatic rings. The predicted octanol–water partition coefficient (Wildman–Crippen LogP) is 3.06. The Bertz CT molecular complexity index is 596. The summed E-state index contributed by atoms with van der Waals surface area (Å²) in [6.45, 7) is 5.87. The first-order valence-electron chi connectivity index (χ1n) is 8.17. The van der Waals surface area contributed by atoms with Crippen molar-refractivity contribution in [2.75, 3.05) is 32.1 Å². The van der Waals surface area contributed by atoms with Crippen LogP contribution in [-0.2, 0) is 17.8 Å². The Balaban J connectivity index is 1.83. The quantitative estimate of drug-likeness (QED) is 0.371. The second-order valence-corrected chi connectivity index (χ2v) is 6.08. The van der Waals surface area contributed by atoms with E-state index in [9.17, 15) is 0 Å². The first-order valence-corrected chi connectivity index (χ1v) is 9.11. The predicted molar refractivity (Wildman–Crippen MR) is 103 cm³/mol. The number of nitrogens with zero attached hydrogens (tertiary/aromatic N) is 1. The number of thiophene rings is 1. The highest BCUT2D eigenvalue weighted by Gasteiger charge is 1.99. The van der Waals surface area contributed by atoms with E-state index in [-0.39, 0.29) is 0 Å². The van der Waals surface area contributed by atoms with Crippen LogP contribution in [0.5, 0.6) is 0 Å².